The molecule has 0 heterocycles. The minimum absolute atomic E-state index is 0.105. The Hall–Kier alpha value is -2.49. The quantitative estimate of drug-likeness (QED) is 0.137. The van der Waals surface area contributed by atoms with E-state index in [-0.39, 0.29) is 37.2 Å². The van der Waals surface area contributed by atoms with Crippen molar-refractivity contribution in [2.45, 2.75) is 44.6 Å². The van der Waals surface area contributed by atoms with Gasteiger partial charge in [-0.25, -0.2) is 0 Å². The highest BCUT2D eigenvalue weighted by atomic mass is 16.5. The Morgan fingerprint density at radius 2 is 1.71 bits per heavy atom. The molecule has 0 aliphatic carbocycles. The summed E-state index contributed by atoms with van der Waals surface area (Å²) in [5.74, 6) is -0.667. The first kappa shape index (κ1) is 28.5. The molecule has 0 fully saturated rings. The summed E-state index contributed by atoms with van der Waals surface area (Å²) in [6.45, 7) is 9.47. The molecule has 0 aromatic heterocycles. The summed E-state index contributed by atoms with van der Waals surface area (Å²) in [5.41, 5.74) is 17.6. The molecule has 0 aromatic rings. The van der Waals surface area contributed by atoms with Crippen LogP contribution in [0.2, 0.25) is 0 Å². The van der Waals surface area contributed by atoms with Crippen LogP contribution < -0.4 is 22.5 Å². The molecule has 9 nitrogen and oxygen atoms in total. The molecule has 0 aromatic carbocycles. The molecule has 2 amide bonds. The summed E-state index contributed by atoms with van der Waals surface area (Å²) in [6, 6.07) is -0.751. The number of unbranched alkanes of at least 4 members (excludes halogenated alkanes) is 2. The second-order valence-corrected chi connectivity index (χ2v) is 7.05. The van der Waals surface area contributed by atoms with Crippen LogP contribution in [0.3, 0.4) is 0 Å². The van der Waals surface area contributed by atoms with E-state index >= 15 is 0 Å². The molecule has 31 heavy (non-hydrogen) atoms. The summed E-state index contributed by atoms with van der Waals surface area (Å²) in [4.78, 5) is 37.5. The van der Waals surface area contributed by atoms with E-state index in [0.717, 1.165) is 18.4 Å². The molecule has 0 unspecified atom stereocenters. The Morgan fingerprint density at radius 1 is 1.03 bits per heavy atom. The van der Waals surface area contributed by atoms with Gasteiger partial charge in [0.1, 0.15) is 6.61 Å². The van der Waals surface area contributed by atoms with Crippen molar-refractivity contribution in [1.82, 2.24) is 10.2 Å². The predicted molar refractivity (Wildman–Crippen MR) is 123 cm³/mol. The number of hydrogen-bond donors (Lipinski definition) is 4. The number of carbonyl (C=O) groups is 3. The van der Waals surface area contributed by atoms with E-state index < -0.39 is 6.04 Å². The highest BCUT2D eigenvalue weighted by Gasteiger charge is 2.17. The van der Waals surface area contributed by atoms with E-state index in [4.69, 9.17) is 21.9 Å². The maximum absolute atomic E-state index is 12.1. The van der Waals surface area contributed by atoms with Crippen molar-refractivity contribution in [3.8, 4) is 0 Å². The van der Waals surface area contributed by atoms with Gasteiger partial charge in [0.15, 0.2) is 0 Å². The van der Waals surface area contributed by atoms with Crippen LogP contribution in [0, 0.1) is 0 Å². The van der Waals surface area contributed by atoms with Crippen LogP contribution in [0.5, 0.6) is 0 Å². The first-order valence-corrected chi connectivity index (χ1v) is 10.7. The van der Waals surface area contributed by atoms with Crippen molar-refractivity contribution in [1.29, 1.82) is 0 Å². The summed E-state index contributed by atoms with van der Waals surface area (Å²) in [6.07, 6.45) is 7.88. The second-order valence-electron chi connectivity index (χ2n) is 7.05. The van der Waals surface area contributed by atoms with Gasteiger partial charge < -0.3 is 32.2 Å². The maximum atomic E-state index is 12.1. The molecule has 0 saturated carbocycles. The lowest BCUT2D eigenvalue weighted by Crippen LogP contribution is -2.43. The molecule has 0 aliphatic heterocycles. The molecule has 176 valence electrons. The normalized spacial score (nSPS) is 12.0. The molecule has 0 saturated heterocycles. The maximum Gasteiger partial charge on any atom is 0.306 e. The third kappa shape index (κ3) is 14.2. The number of allylic oxidation sites excluding steroid dienone is 2. The Labute approximate surface area is 185 Å². The number of ether oxygens (including phenoxy) is 1. The summed E-state index contributed by atoms with van der Waals surface area (Å²) in [7, 11) is 0. The van der Waals surface area contributed by atoms with Gasteiger partial charge in [0, 0.05) is 45.6 Å². The van der Waals surface area contributed by atoms with E-state index in [9.17, 15) is 14.4 Å². The topological polar surface area (TPSA) is 154 Å². The number of nitrogens with one attached hydrogen (secondary N) is 1. The van der Waals surface area contributed by atoms with Gasteiger partial charge in [0.2, 0.25) is 11.8 Å². The average molecular weight is 438 g/mol. The van der Waals surface area contributed by atoms with Crippen molar-refractivity contribution in [3.63, 3.8) is 0 Å². The largest absolute Gasteiger partial charge is 0.461 e. The number of amides is 2. The fraction of sp³-hybridized carbons (Fsp3) is 0.591. The van der Waals surface area contributed by atoms with E-state index in [1.54, 1.807) is 23.1 Å². The Kier molecular flexibility index (Phi) is 16.8. The van der Waals surface area contributed by atoms with Crippen molar-refractivity contribution >= 4 is 17.8 Å². The lowest BCUT2D eigenvalue weighted by molar-refractivity contribution is -0.142. The van der Waals surface area contributed by atoms with Crippen LogP contribution in [-0.2, 0) is 19.1 Å². The van der Waals surface area contributed by atoms with Crippen LogP contribution in [0.25, 0.3) is 0 Å². The summed E-state index contributed by atoms with van der Waals surface area (Å²) in [5, 5.41) is 2.76. The fourth-order valence-corrected chi connectivity index (χ4v) is 2.72. The molecular weight excluding hydrogens is 398 g/mol. The van der Waals surface area contributed by atoms with Gasteiger partial charge in [-0.05, 0) is 24.8 Å². The molecule has 0 radical (unpaired) electrons. The van der Waals surface area contributed by atoms with Crippen LogP contribution in [-0.4, -0.2) is 68.1 Å². The molecular formula is C22H39N5O4. The second kappa shape index (κ2) is 18.3. The van der Waals surface area contributed by atoms with Gasteiger partial charge in [0.05, 0.1) is 6.04 Å². The Bertz CT molecular complexity index is 601. The van der Waals surface area contributed by atoms with Crippen LogP contribution in [0.15, 0.2) is 37.0 Å². The van der Waals surface area contributed by atoms with Gasteiger partial charge in [-0.2, -0.15) is 0 Å². The number of hydrogen-bond acceptors (Lipinski definition) is 7. The third-order valence-corrected chi connectivity index (χ3v) is 4.51. The highest BCUT2D eigenvalue weighted by molar-refractivity contribution is 5.83. The zero-order valence-corrected chi connectivity index (χ0v) is 18.5. The molecule has 0 aliphatic rings. The molecule has 7 N–H and O–H groups in total. The smallest absolute Gasteiger partial charge is 0.306 e. The molecule has 9 heteroatoms. The fourth-order valence-electron chi connectivity index (χ4n) is 2.72. The minimum Gasteiger partial charge on any atom is -0.461 e. The Balaban J connectivity index is 3.94. The summed E-state index contributed by atoms with van der Waals surface area (Å²) < 4.78 is 5.16. The number of carbonyl (C=O) groups excluding carboxylic acids is 3. The van der Waals surface area contributed by atoms with Crippen molar-refractivity contribution in [2.24, 2.45) is 17.2 Å². The van der Waals surface area contributed by atoms with Gasteiger partial charge in [-0.15, -0.1) is 0 Å². The van der Waals surface area contributed by atoms with E-state index in [2.05, 4.69) is 18.5 Å². The van der Waals surface area contributed by atoms with Gasteiger partial charge in [-0.3, -0.25) is 14.4 Å². The number of nitrogens with zero attached hydrogens (tertiary/aromatic N) is 1. The molecule has 1 atom stereocenters. The first-order chi connectivity index (χ1) is 14.9. The van der Waals surface area contributed by atoms with Gasteiger partial charge >= 0.3 is 5.97 Å². The Morgan fingerprint density at radius 3 is 2.29 bits per heavy atom. The van der Waals surface area contributed by atoms with E-state index in [1.807, 2.05) is 0 Å². The van der Waals surface area contributed by atoms with Crippen LogP contribution in [0.1, 0.15) is 38.5 Å². The standard InChI is InChI=1S/C22H39N5O4/c1-3-8-18(4-2)17-31-21(29)9-6-5-7-14-26-22(30)19(25)10-11-20(28)27(15-12-23)16-13-24/h3-4,8,19H,1-2,5-7,9-17,23-25H2,(H,26,30)/b18-8+/t19-/m0/s1. The molecule has 0 bridgehead atoms. The van der Waals surface area contributed by atoms with Crippen molar-refractivity contribution in [3.05, 3.63) is 37.0 Å². The lowest BCUT2D eigenvalue weighted by atomic mass is 10.1. The van der Waals surface area contributed by atoms with E-state index in [0.29, 0.717) is 45.6 Å². The number of esters is 1. The van der Waals surface area contributed by atoms with Gasteiger partial charge in [0.25, 0.3) is 0 Å². The van der Waals surface area contributed by atoms with Crippen LogP contribution >= 0.6 is 0 Å². The first-order valence-electron chi connectivity index (χ1n) is 10.7. The monoisotopic (exact) mass is 437 g/mol. The zero-order valence-electron chi connectivity index (χ0n) is 18.5. The summed E-state index contributed by atoms with van der Waals surface area (Å²) >= 11 is 0. The van der Waals surface area contributed by atoms with E-state index in [1.165, 1.54) is 0 Å². The predicted octanol–water partition coefficient (Wildman–Crippen LogP) is 0.358. The lowest BCUT2D eigenvalue weighted by Gasteiger charge is -2.22. The zero-order chi connectivity index (χ0) is 23.5. The molecule has 0 rings (SSSR count). The number of rotatable bonds is 18. The van der Waals surface area contributed by atoms with Crippen molar-refractivity contribution in [2.75, 3.05) is 39.3 Å². The van der Waals surface area contributed by atoms with Crippen molar-refractivity contribution < 1.29 is 19.1 Å². The SMILES string of the molecule is C=C/C=C(\C=C)COC(=O)CCCCCNC(=O)[C@@H](N)CCC(=O)N(CCN)CCN. The molecule has 0 spiro atoms. The minimum atomic E-state index is -0.751. The van der Waals surface area contributed by atoms with Crippen LogP contribution in [0.4, 0.5) is 0 Å². The highest BCUT2D eigenvalue weighted by Crippen LogP contribution is 2.04. The van der Waals surface area contributed by atoms with Gasteiger partial charge in [-0.1, -0.05) is 37.8 Å². The number of nitrogens with two attached hydrogens (primary N) is 3. The average Bonchev–Trinajstić information content (AvgIpc) is 2.76. The third-order valence-electron chi connectivity index (χ3n) is 4.51.